The molecule has 0 bridgehead atoms. The largest absolute Gasteiger partial charge is 0.399 e. The molecule has 0 aromatic heterocycles. The van der Waals surface area contributed by atoms with Gasteiger partial charge in [-0.2, -0.15) is 0 Å². The third-order valence-electron chi connectivity index (χ3n) is 2.33. The Hall–Kier alpha value is -1.96. The van der Waals surface area contributed by atoms with Gasteiger partial charge in [-0.1, -0.05) is 18.2 Å². The number of nitrogens with one attached hydrogen (secondary N) is 1. The number of anilines is 3. The number of rotatable bonds is 2. The second kappa shape index (κ2) is 4.05. The predicted molar refractivity (Wildman–Crippen MR) is 65.3 cm³/mol. The van der Waals surface area contributed by atoms with Gasteiger partial charge in [-0.25, -0.2) is 0 Å². The van der Waals surface area contributed by atoms with E-state index in [2.05, 4.69) is 24.4 Å². The lowest BCUT2D eigenvalue weighted by Gasteiger charge is -2.09. The van der Waals surface area contributed by atoms with Crippen molar-refractivity contribution < 1.29 is 0 Å². The van der Waals surface area contributed by atoms with Crippen LogP contribution >= 0.6 is 0 Å². The van der Waals surface area contributed by atoms with Gasteiger partial charge in [-0.05, 0) is 42.8 Å². The zero-order valence-electron chi connectivity index (χ0n) is 8.70. The van der Waals surface area contributed by atoms with Crippen LogP contribution in [0.4, 0.5) is 17.1 Å². The third-order valence-corrected chi connectivity index (χ3v) is 2.33. The molecule has 0 saturated heterocycles. The summed E-state index contributed by atoms with van der Waals surface area (Å²) in [6.07, 6.45) is 0. The molecule has 76 valence electrons. The molecule has 0 saturated carbocycles. The lowest BCUT2D eigenvalue weighted by atomic mass is 10.2. The Balaban J connectivity index is 2.22. The van der Waals surface area contributed by atoms with Crippen molar-refractivity contribution in [1.82, 2.24) is 0 Å². The molecule has 0 aliphatic carbocycles. The molecule has 0 spiro atoms. The van der Waals surface area contributed by atoms with Crippen LogP contribution in [0.2, 0.25) is 0 Å². The number of para-hydroxylation sites is 1. The minimum Gasteiger partial charge on any atom is -0.399 e. The molecule has 0 aliphatic rings. The number of hydrogen-bond acceptors (Lipinski definition) is 2. The Morgan fingerprint density at radius 1 is 0.933 bits per heavy atom. The summed E-state index contributed by atoms with van der Waals surface area (Å²) in [6, 6.07) is 15.9. The minimum atomic E-state index is 0.783. The lowest BCUT2D eigenvalue weighted by molar-refractivity contribution is 1.43. The number of hydrogen-bond donors (Lipinski definition) is 2. The Morgan fingerprint density at radius 3 is 2.27 bits per heavy atom. The summed E-state index contributed by atoms with van der Waals surface area (Å²) in [5.74, 6) is 0. The smallest absolute Gasteiger partial charge is 0.0413 e. The highest BCUT2D eigenvalue weighted by Crippen LogP contribution is 2.20. The van der Waals surface area contributed by atoms with Gasteiger partial charge in [0.15, 0.2) is 0 Å². The van der Waals surface area contributed by atoms with Crippen molar-refractivity contribution in [2.24, 2.45) is 0 Å². The first-order chi connectivity index (χ1) is 7.25. The SMILES string of the molecule is Cc1ccccc1Nc1ccc(N)cc1. The Bertz CT molecular complexity index is 446. The van der Waals surface area contributed by atoms with E-state index in [9.17, 15) is 0 Å². The highest BCUT2D eigenvalue weighted by atomic mass is 14.9. The zero-order valence-corrected chi connectivity index (χ0v) is 8.70. The minimum absolute atomic E-state index is 0.783. The predicted octanol–water partition coefficient (Wildman–Crippen LogP) is 3.32. The molecule has 0 heterocycles. The average molecular weight is 198 g/mol. The molecule has 2 rings (SSSR count). The van der Waals surface area contributed by atoms with Gasteiger partial charge >= 0.3 is 0 Å². The number of aryl methyl sites for hydroxylation is 1. The van der Waals surface area contributed by atoms with Crippen molar-refractivity contribution in [3.63, 3.8) is 0 Å². The third kappa shape index (κ3) is 2.29. The van der Waals surface area contributed by atoms with Crippen LogP contribution in [0.15, 0.2) is 48.5 Å². The molecule has 2 aromatic rings. The van der Waals surface area contributed by atoms with E-state index >= 15 is 0 Å². The average Bonchev–Trinajstić information content (AvgIpc) is 2.25. The van der Waals surface area contributed by atoms with Gasteiger partial charge in [0.1, 0.15) is 0 Å². The van der Waals surface area contributed by atoms with Crippen molar-refractivity contribution in [1.29, 1.82) is 0 Å². The van der Waals surface area contributed by atoms with Crippen LogP contribution in [-0.4, -0.2) is 0 Å². The first kappa shape index (κ1) is 9.59. The van der Waals surface area contributed by atoms with E-state index in [1.807, 2.05) is 36.4 Å². The summed E-state index contributed by atoms with van der Waals surface area (Å²) in [7, 11) is 0. The van der Waals surface area contributed by atoms with Crippen LogP contribution < -0.4 is 11.1 Å². The quantitative estimate of drug-likeness (QED) is 0.726. The van der Waals surface area contributed by atoms with Crippen molar-refractivity contribution in [3.8, 4) is 0 Å². The highest BCUT2D eigenvalue weighted by molar-refractivity contribution is 5.64. The summed E-state index contributed by atoms with van der Waals surface area (Å²) in [5.41, 5.74) is 9.82. The Labute approximate surface area is 89.7 Å². The monoisotopic (exact) mass is 198 g/mol. The lowest BCUT2D eigenvalue weighted by Crippen LogP contribution is -1.93. The van der Waals surface area contributed by atoms with Crippen molar-refractivity contribution in [2.75, 3.05) is 11.1 Å². The summed E-state index contributed by atoms with van der Waals surface area (Å²) < 4.78 is 0. The maximum Gasteiger partial charge on any atom is 0.0413 e. The fraction of sp³-hybridized carbons (Fsp3) is 0.0769. The normalized spacial score (nSPS) is 9.93. The van der Waals surface area contributed by atoms with Gasteiger partial charge in [-0.15, -0.1) is 0 Å². The van der Waals surface area contributed by atoms with E-state index in [-0.39, 0.29) is 0 Å². The molecule has 0 aliphatic heterocycles. The second-order valence-corrected chi connectivity index (χ2v) is 3.56. The molecule has 0 amide bonds. The van der Waals surface area contributed by atoms with E-state index in [1.54, 1.807) is 0 Å². The maximum atomic E-state index is 5.62. The Morgan fingerprint density at radius 2 is 1.60 bits per heavy atom. The fourth-order valence-electron chi connectivity index (χ4n) is 1.44. The van der Waals surface area contributed by atoms with Crippen LogP contribution in [0.5, 0.6) is 0 Å². The summed E-state index contributed by atoms with van der Waals surface area (Å²) >= 11 is 0. The molecule has 2 nitrogen and oxygen atoms in total. The van der Waals surface area contributed by atoms with Crippen molar-refractivity contribution in [3.05, 3.63) is 54.1 Å². The molecule has 0 unspecified atom stereocenters. The van der Waals surface area contributed by atoms with Gasteiger partial charge in [0.2, 0.25) is 0 Å². The Kier molecular flexibility index (Phi) is 2.59. The van der Waals surface area contributed by atoms with E-state index in [0.29, 0.717) is 0 Å². The van der Waals surface area contributed by atoms with Gasteiger partial charge < -0.3 is 11.1 Å². The molecular weight excluding hydrogens is 184 g/mol. The van der Waals surface area contributed by atoms with Crippen LogP contribution in [0.3, 0.4) is 0 Å². The molecule has 2 aromatic carbocycles. The summed E-state index contributed by atoms with van der Waals surface area (Å²) in [6.45, 7) is 2.08. The van der Waals surface area contributed by atoms with E-state index < -0.39 is 0 Å². The molecule has 3 N–H and O–H groups in total. The molecule has 0 atom stereocenters. The first-order valence-electron chi connectivity index (χ1n) is 4.94. The molecule has 0 radical (unpaired) electrons. The molecule has 15 heavy (non-hydrogen) atoms. The van der Waals surface area contributed by atoms with E-state index in [0.717, 1.165) is 17.1 Å². The first-order valence-corrected chi connectivity index (χ1v) is 4.94. The van der Waals surface area contributed by atoms with Crippen molar-refractivity contribution >= 4 is 17.1 Å². The molecule has 0 fully saturated rings. The number of benzene rings is 2. The maximum absolute atomic E-state index is 5.62. The summed E-state index contributed by atoms with van der Waals surface area (Å²) in [4.78, 5) is 0. The van der Waals surface area contributed by atoms with Crippen LogP contribution in [0, 0.1) is 6.92 Å². The zero-order chi connectivity index (χ0) is 10.7. The standard InChI is InChI=1S/C13H14N2/c1-10-4-2-3-5-13(10)15-12-8-6-11(14)7-9-12/h2-9,15H,14H2,1H3. The van der Waals surface area contributed by atoms with Crippen LogP contribution in [0.25, 0.3) is 0 Å². The molecular formula is C13H14N2. The van der Waals surface area contributed by atoms with Gasteiger partial charge in [0.05, 0.1) is 0 Å². The highest BCUT2D eigenvalue weighted by Gasteiger charge is 1.96. The van der Waals surface area contributed by atoms with Crippen LogP contribution in [-0.2, 0) is 0 Å². The summed E-state index contributed by atoms with van der Waals surface area (Å²) in [5, 5.41) is 3.34. The van der Waals surface area contributed by atoms with Crippen LogP contribution in [0.1, 0.15) is 5.56 Å². The topological polar surface area (TPSA) is 38.0 Å². The van der Waals surface area contributed by atoms with Gasteiger partial charge in [0.25, 0.3) is 0 Å². The number of nitrogens with two attached hydrogens (primary N) is 1. The van der Waals surface area contributed by atoms with Crippen molar-refractivity contribution in [2.45, 2.75) is 6.92 Å². The second-order valence-electron chi connectivity index (χ2n) is 3.56. The van der Waals surface area contributed by atoms with E-state index in [4.69, 9.17) is 5.73 Å². The van der Waals surface area contributed by atoms with E-state index in [1.165, 1.54) is 5.56 Å². The van der Waals surface area contributed by atoms with Gasteiger partial charge in [-0.3, -0.25) is 0 Å². The van der Waals surface area contributed by atoms with Gasteiger partial charge in [0, 0.05) is 17.1 Å². The molecule has 2 heteroatoms. The number of nitrogen functional groups attached to an aromatic ring is 1. The fourth-order valence-corrected chi connectivity index (χ4v) is 1.44.